The van der Waals surface area contributed by atoms with Gasteiger partial charge in [0, 0.05) is 18.0 Å². The minimum atomic E-state index is -0.590. The molecule has 21 heavy (non-hydrogen) atoms. The summed E-state index contributed by atoms with van der Waals surface area (Å²) in [6, 6.07) is 5.90. The number of nitrogens with one attached hydrogen (secondary N) is 1. The van der Waals surface area contributed by atoms with Gasteiger partial charge in [0.05, 0.1) is 0 Å². The Balaban J connectivity index is 1.80. The van der Waals surface area contributed by atoms with Crippen molar-refractivity contribution in [2.45, 2.75) is 6.92 Å². The normalized spacial score (nSPS) is 10.5. The van der Waals surface area contributed by atoms with Crippen LogP contribution in [-0.4, -0.2) is 25.9 Å². The third kappa shape index (κ3) is 2.72. The molecule has 3 aromatic rings. The summed E-state index contributed by atoms with van der Waals surface area (Å²) in [5.41, 5.74) is 0.311. The highest BCUT2D eigenvalue weighted by Gasteiger charge is 2.14. The van der Waals surface area contributed by atoms with Gasteiger partial charge in [-0.15, -0.1) is 10.2 Å². The minimum Gasteiger partial charge on any atom is -0.417 e. The molecule has 0 aromatic carbocycles. The lowest BCUT2D eigenvalue weighted by atomic mass is 10.4. The number of hydrogen-bond donors (Lipinski definition) is 1. The van der Waals surface area contributed by atoms with E-state index >= 15 is 0 Å². The van der Waals surface area contributed by atoms with Crippen molar-refractivity contribution < 1.29 is 9.21 Å². The zero-order valence-electron chi connectivity index (χ0n) is 10.8. The maximum absolute atomic E-state index is 11.9. The van der Waals surface area contributed by atoms with Crippen molar-refractivity contribution in [1.29, 1.82) is 0 Å². The van der Waals surface area contributed by atoms with Crippen molar-refractivity contribution in [2.24, 2.45) is 0 Å². The van der Waals surface area contributed by atoms with E-state index < -0.39 is 11.5 Å². The van der Waals surface area contributed by atoms with E-state index in [1.807, 2.05) is 13.0 Å². The summed E-state index contributed by atoms with van der Waals surface area (Å²) in [5.74, 6) is -0.651. The van der Waals surface area contributed by atoms with Gasteiger partial charge in [-0.1, -0.05) is 17.4 Å². The maximum Gasteiger partial charge on any atom is 0.336 e. The molecule has 0 aliphatic rings. The number of anilines is 1. The quantitative estimate of drug-likeness (QED) is 0.780. The first-order valence-electron chi connectivity index (χ1n) is 5.89. The molecule has 0 radical (unpaired) electrons. The van der Waals surface area contributed by atoms with Gasteiger partial charge in [0.15, 0.2) is 5.76 Å². The van der Waals surface area contributed by atoms with E-state index in [0.29, 0.717) is 5.13 Å². The standard InChI is InChI=1S/C12H9N5O3S/c1-7-5-6-13-17(7)12-16-15-11(21-12)14-10(19)8-3-2-4-9(18)20-8/h2-6H,1H3,(H,14,15,19). The molecule has 0 aliphatic carbocycles. The van der Waals surface area contributed by atoms with E-state index in [-0.39, 0.29) is 10.9 Å². The van der Waals surface area contributed by atoms with Gasteiger partial charge in [-0.2, -0.15) is 5.10 Å². The number of nitrogens with zero attached hydrogens (tertiary/aromatic N) is 4. The molecule has 3 heterocycles. The third-order valence-corrected chi connectivity index (χ3v) is 3.38. The Hall–Kier alpha value is -2.81. The van der Waals surface area contributed by atoms with Crippen LogP contribution < -0.4 is 10.9 Å². The molecule has 9 heteroatoms. The van der Waals surface area contributed by atoms with Gasteiger partial charge in [0.25, 0.3) is 5.91 Å². The largest absolute Gasteiger partial charge is 0.417 e. The second kappa shape index (κ2) is 5.29. The van der Waals surface area contributed by atoms with Crippen LogP contribution in [0, 0.1) is 6.92 Å². The number of rotatable bonds is 3. The highest BCUT2D eigenvalue weighted by molar-refractivity contribution is 7.17. The summed E-state index contributed by atoms with van der Waals surface area (Å²) in [5, 5.41) is 15.2. The second-order valence-electron chi connectivity index (χ2n) is 4.04. The lowest BCUT2D eigenvalue weighted by molar-refractivity contribution is 0.0992. The van der Waals surface area contributed by atoms with E-state index in [4.69, 9.17) is 4.42 Å². The number of carbonyl (C=O) groups excluding carboxylic acids is 1. The van der Waals surface area contributed by atoms with Gasteiger partial charge in [-0.3, -0.25) is 10.1 Å². The molecule has 0 aliphatic heterocycles. The van der Waals surface area contributed by atoms with Crippen molar-refractivity contribution in [3.05, 3.63) is 52.3 Å². The number of carbonyl (C=O) groups is 1. The Kier molecular flexibility index (Phi) is 3.32. The molecular formula is C12H9N5O3S. The number of aromatic nitrogens is 4. The van der Waals surface area contributed by atoms with E-state index in [9.17, 15) is 9.59 Å². The van der Waals surface area contributed by atoms with Gasteiger partial charge in [-0.05, 0) is 19.1 Å². The van der Waals surface area contributed by atoms with Gasteiger partial charge in [0.2, 0.25) is 10.3 Å². The molecule has 3 rings (SSSR count). The summed E-state index contributed by atoms with van der Waals surface area (Å²) < 4.78 is 6.39. The Labute approximate surface area is 122 Å². The molecule has 106 valence electrons. The first-order valence-corrected chi connectivity index (χ1v) is 6.71. The van der Waals surface area contributed by atoms with Crippen LogP contribution in [0.5, 0.6) is 0 Å². The van der Waals surface area contributed by atoms with Crippen LogP contribution in [0.1, 0.15) is 16.2 Å². The molecule has 0 spiro atoms. The van der Waals surface area contributed by atoms with Crippen molar-refractivity contribution in [2.75, 3.05) is 5.32 Å². The first-order chi connectivity index (χ1) is 10.1. The zero-order chi connectivity index (χ0) is 14.8. The Bertz CT molecular complexity index is 850. The number of hydrogen-bond acceptors (Lipinski definition) is 7. The van der Waals surface area contributed by atoms with Crippen molar-refractivity contribution >= 4 is 22.4 Å². The second-order valence-corrected chi connectivity index (χ2v) is 5.00. The average molecular weight is 303 g/mol. The highest BCUT2D eigenvalue weighted by Crippen LogP contribution is 2.20. The van der Waals surface area contributed by atoms with E-state index in [0.717, 1.165) is 17.0 Å². The number of aryl methyl sites for hydroxylation is 1. The van der Waals surface area contributed by atoms with E-state index in [2.05, 4.69) is 20.6 Å². The zero-order valence-corrected chi connectivity index (χ0v) is 11.6. The highest BCUT2D eigenvalue weighted by atomic mass is 32.1. The summed E-state index contributed by atoms with van der Waals surface area (Å²) in [4.78, 5) is 23.0. The molecule has 0 bridgehead atoms. The van der Waals surface area contributed by atoms with Crippen LogP contribution in [-0.2, 0) is 0 Å². The van der Waals surface area contributed by atoms with Crippen LogP contribution in [0.2, 0.25) is 0 Å². The fraction of sp³-hybridized carbons (Fsp3) is 0.0833. The predicted octanol–water partition coefficient (Wildman–Crippen LogP) is 1.24. The lowest BCUT2D eigenvalue weighted by Gasteiger charge is -1.98. The summed E-state index contributed by atoms with van der Waals surface area (Å²) >= 11 is 1.16. The average Bonchev–Trinajstić information content (AvgIpc) is 3.07. The van der Waals surface area contributed by atoms with Crippen LogP contribution in [0.4, 0.5) is 5.13 Å². The molecule has 0 saturated heterocycles. The molecule has 0 atom stereocenters. The first kappa shape index (κ1) is 13.2. The predicted molar refractivity (Wildman–Crippen MR) is 74.7 cm³/mol. The summed E-state index contributed by atoms with van der Waals surface area (Å²) in [6.45, 7) is 1.88. The SMILES string of the molecule is Cc1ccnn1-c1nnc(NC(=O)c2cccc(=O)o2)s1. The van der Waals surface area contributed by atoms with Crippen molar-refractivity contribution in [3.63, 3.8) is 0 Å². The monoisotopic (exact) mass is 303 g/mol. The van der Waals surface area contributed by atoms with Crippen molar-refractivity contribution in [1.82, 2.24) is 20.0 Å². The Morgan fingerprint density at radius 1 is 1.33 bits per heavy atom. The van der Waals surface area contributed by atoms with Crippen LogP contribution in [0.25, 0.3) is 5.13 Å². The minimum absolute atomic E-state index is 0.0884. The molecule has 1 N–H and O–H groups in total. The lowest BCUT2D eigenvalue weighted by Crippen LogP contribution is -2.13. The molecule has 0 fully saturated rings. The van der Waals surface area contributed by atoms with Gasteiger partial charge in [0.1, 0.15) is 0 Å². The molecule has 1 amide bonds. The van der Waals surface area contributed by atoms with Gasteiger partial charge in [-0.25, -0.2) is 9.48 Å². The summed E-state index contributed by atoms with van der Waals surface area (Å²) in [7, 11) is 0. The molecule has 3 aromatic heterocycles. The topological polar surface area (TPSA) is 103 Å². The molecule has 0 unspecified atom stereocenters. The Morgan fingerprint density at radius 2 is 2.19 bits per heavy atom. The third-order valence-electron chi connectivity index (χ3n) is 2.56. The molecular weight excluding hydrogens is 294 g/mol. The smallest absolute Gasteiger partial charge is 0.336 e. The maximum atomic E-state index is 11.9. The molecule has 8 nitrogen and oxygen atoms in total. The fourth-order valence-electron chi connectivity index (χ4n) is 1.59. The summed E-state index contributed by atoms with van der Waals surface area (Å²) in [6.07, 6.45) is 1.65. The van der Waals surface area contributed by atoms with E-state index in [1.54, 1.807) is 10.9 Å². The van der Waals surface area contributed by atoms with Crippen LogP contribution >= 0.6 is 11.3 Å². The van der Waals surface area contributed by atoms with Crippen molar-refractivity contribution in [3.8, 4) is 5.13 Å². The van der Waals surface area contributed by atoms with Gasteiger partial charge < -0.3 is 4.42 Å². The number of amides is 1. The van der Waals surface area contributed by atoms with E-state index in [1.165, 1.54) is 18.2 Å². The fourth-order valence-corrected chi connectivity index (χ4v) is 2.35. The Morgan fingerprint density at radius 3 is 2.90 bits per heavy atom. The van der Waals surface area contributed by atoms with Crippen LogP contribution in [0.3, 0.4) is 0 Å². The van der Waals surface area contributed by atoms with Gasteiger partial charge >= 0.3 is 5.63 Å². The van der Waals surface area contributed by atoms with Crippen LogP contribution in [0.15, 0.2) is 39.7 Å². The molecule has 0 saturated carbocycles.